The van der Waals surface area contributed by atoms with Crippen LogP contribution in [-0.2, 0) is 9.53 Å². The molecule has 6 heteroatoms. The first-order valence-electron chi connectivity index (χ1n) is 6.65. The molecule has 2 rings (SSSR count). The van der Waals surface area contributed by atoms with Crippen LogP contribution in [0.5, 0.6) is 0 Å². The molecule has 1 atom stereocenters. The minimum atomic E-state index is -0.386. The molecule has 2 N–H and O–H groups in total. The molecule has 6 nitrogen and oxygen atoms in total. The van der Waals surface area contributed by atoms with Crippen molar-refractivity contribution in [1.29, 1.82) is 0 Å². The van der Waals surface area contributed by atoms with Crippen LogP contribution in [0.25, 0.3) is 0 Å². The van der Waals surface area contributed by atoms with Gasteiger partial charge < -0.3 is 15.4 Å². The van der Waals surface area contributed by atoms with Crippen LogP contribution in [0, 0.1) is 0 Å². The number of benzene rings is 1. The summed E-state index contributed by atoms with van der Waals surface area (Å²) < 4.78 is 4.75. The minimum absolute atomic E-state index is 0.0952. The maximum Gasteiger partial charge on any atom is 0.328 e. The molecule has 1 saturated heterocycles. The average Bonchev–Trinajstić information content (AvgIpc) is 2.90. The molecule has 1 aliphatic heterocycles. The Morgan fingerprint density at radius 3 is 2.95 bits per heavy atom. The van der Waals surface area contributed by atoms with E-state index in [4.69, 9.17) is 4.74 Å². The second kappa shape index (κ2) is 6.27. The number of hydrogen-bond donors (Lipinski definition) is 2. The Morgan fingerprint density at radius 1 is 1.55 bits per heavy atom. The van der Waals surface area contributed by atoms with Gasteiger partial charge in [-0.2, -0.15) is 0 Å². The highest BCUT2D eigenvalue weighted by Gasteiger charge is 2.22. The van der Waals surface area contributed by atoms with E-state index >= 15 is 0 Å². The second-order valence-electron chi connectivity index (χ2n) is 4.56. The molecule has 0 bridgehead atoms. The number of nitrogens with one attached hydrogen (secondary N) is 2. The zero-order chi connectivity index (χ0) is 14.5. The van der Waals surface area contributed by atoms with Gasteiger partial charge in [-0.3, -0.25) is 4.90 Å². The molecule has 1 fully saturated rings. The van der Waals surface area contributed by atoms with Gasteiger partial charge in [-0.25, -0.2) is 9.59 Å². The van der Waals surface area contributed by atoms with Crippen LogP contribution in [0.2, 0.25) is 0 Å². The number of rotatable bonds is 5. The second-order valence-corrected chi connectivity index (χ2v) is 4.56. The van der Waals surface area contributed by atoms with Gasteiger partial charge >= 0.3 is 12.0 Å². The molecule has 0 aliphatic carbocycles. The van der Waals surface area contributed by atoms with Gasteiger partial charge in [0.05, 0.1) is 7.11 Å². The molecule has 1 aromatic carbocycles. The fourth-order valence-corrected chi connectivity index (χ4v) is 2.15. The third kappa shape index (κ3) is 3.01. The predicted molar refractivity (Wildman–Crippen MR) is 76.9 cm³/mol. The van der Waals surface area contributed by atoms with E-state index in [1.165, 1.54) is 7.11 Å². The lowest BCUT2D eigenvalue weighted by molar-refractivity contribution is -0.141. The molecular formula is C14H19N3O3. The van der Waals surface area contributed by atoms with Crippen LogP contribution in [-0.4, -0.2) is 38.2 Å². The summed E-state index contributed by atoms with van der Waals surface area (Å²) in [5.74, 6) is -0.295. The number of methoxy groups -OCH3 is 1. The molecular weight excluding hydrogens is 258 g/mol. The van der Waals surface area contributed by atoms with E-state index in [-0.39, 0.29) is 18.0 Å². The third-order valence-corrected chi connectivity index (χ3v) is 3.25. The van der Waals surface area contributed by atoms with Gasteiger partial charge in [0.25, 0.3) is 0 Å². The minimum Gasteiger partial charge on any atom is -0.467 e. The molecule has 2 amide bonds. The van der Waals surface area contributed by atoms with Crippen LogP contribution in [0.15, 0.2) is 24.3 Å². The van der Waals surface area contributed by atoms with Crippen molar-refractivity contribution in [2.75, 3.05) is 30.4 Å². The Hall–Kier alpha value is -2.24. The van der Waals surface area contributed by atoms with Crippen molar-refractivity contribution in [2.45, 2.75) is 19.4 Å². The van der Waals surface area contributed by atoms with Crippen LogP contribution in [0.3, 0.4) is 0 Å². The van der Waals surface area contributed by atoms with E-state index in [9.17, 15) is 9.59 Å². The topological polar surface area (TPSA) is 70.7 Å². The number of esters is 1. The van der Waals surface area contributed by atoms with Gasteiger partial charge in [0, 0.05) is 24.5 Å². The Balaban J connectivity index is 2.13. The molecule has 1 aromatic rings. The van der Waals surface area contributed by atoms with Crippen LogP contribution in [0.1, 0.15) is 13.3 Å². The smallest absolute Gasteiger partial charge is 0.328 e. The van der Waals surface area contributed by atoms with E-state index < -0.39 is 0 Å². The van der Waals surface area contributed by atoms with Gasteiger partial charge in [-0.1, -0.05) is 13.0 Å². The largest absolute Gasteiger partial charge is 0.467 e. The molecule has 108 valence electrons. The molecule has 1 unspecified atom stereocenters. The Bertz CT molecular complexity index is 504. The number of carbonyl (C=O) groups excluding carboxylic acids is 2. The first-order valence-corrected chi connectivity index (χ1v) is 6.65. The molecule has 0 radical (unpaired) electrons. The van der Waals surface area contributed by atoms with Gasteiger partial charge in [0.2, 0.25) is 0 Å². The Kier molecular flexibility index (Phi) is 4.45. The lowest BCUT2D eigenvalue weighted by Crippen LogP contribution is -2.30. The first kappa shape index (κ1) is 14.2. The van der Waals surface area contributed by atoms with Gasteiger partial charge in [0.15, 0.2) is 0 Å². The fourth-order valence-electron chi connectivity index (χ4n) is 2.15. The van der Waals surface area contributed by atoms with Crippen LogP contribution >= 0.6 is 0 Å². The van der Waals surface area contributed by atoms with Gasteiger partial charge in [0.1, 0.15) is 6.04 Å². The van der Waals surface area contributed by atoms with E-state index in [1.807, 2.05) is 31.2 Å². The lowest BCUT2D eigenvalue weighted by atomic mass is 10.2. The normalized spacial score (nSPS) is 15.7. The molecule has 20 heavy (non-hydrogen) atoms. The van der Waals surface area contributed by atoms with Crippen molar-refractivity contribution in [1.82, 2.24) is 5.32 Å². The highest BCUT2D eigenvalue weighted by molar-refractivity contribution is 5.94. The quantitative estimate of drug-likeness (QED) is 0.802. The number of ether oxygens (including phenoxy) is 1. The maximum absolute atomic E-state index is 11.6. The SMILES string of the molecule is CCC(Nc1cccc(N2CCNC2=O)c1)C(=O)OC. The van der Waals surface area contributed by atoms with E-state index in [1.54, 1.807) is 4.90 Å². The number of carbonyl (C=O) groups is 2. The monoisotopic (exact) mass is 277 g/mol. The van der Waals surface area contributed by atoms with Gasteiger partial charge in [-0.15, -0.1) is 0 Å². The zero-order valence-electron chi connectivity index (χ0n) is 11.7. The average molecular weight is 277 g/mol. The standard InChI is InChI=1S/C14H19N3O3/c1-3-12(13(18)20-2)16-10-5-4-6-11(9-10)17-8-7-15-14(17)19/h4-6,9,12,16H,3,7-8H2,1-2H3,(H,15,19). The van der Waals surface area contributed by atoms with Crippen molar-refractivity contribution in [3.8, 4) is 0 Å². The molecule has 0 saturated carbocycles. The zero-order valence-corrected chi connectivity index (χ0v) is 11.7. The van der Waals surface area contributed by atoms with Crippen molar-refractivity contribution in [3.05, 3.63) is 24.3 Å². The van der Waals surface area contributed by atoms with Crippen molar-refractivity contribution < 1.29 is 14.3 Å². The molecule has 0 aromatic heterocycles. The first-order chi connectivity index (χ1) is 9.65. The van der Waals surface area contributed by atoms with E-state index in [0.717, 1.165) is 11.4 Å². The summed E-state index contributed by atoms with van der Waals surface area (Å²) in [7, 11) is 1.37. The summed E-state index contributed by atoms with van der Waals surface area (Å²) >= 11 is 0. The molecule has 1 heterocycles. The van der Waals surface area contributed by atoms with Crippen molar-refractivity contribution in [3.63, 3.8) is 0 Å². The summed E-state index contributed by atoms with van der Waals surface area (Å²) in [6.45, 7) is 3.21. The molecule has 1 aliphatic rings. The highest BCUT2D eigenvalue weighted by atomic mass is 16.5. The summed E-state index contributed by atoms with van der Waals surface area (Å²) in [5.41, 5.74) is 1.60. The number of urea groups is 1. The summed E-state index contributed by atoms with van der Waals surface area (Å²) in [5, 5.41) is 5.88. The number of anilines is 2. The highest BCUT2D eigenvalue weighted by Crippen LogP contribution is 2.22. The number of amides is 2. The fraction of sp³-hybridized carbons (Fsp3) is 0.429. The Morgan fingerprint density at radius 2 is 2.35 bits per heavy atom. The lowest BCUT2D eigenvalue weighted by Gasteiger charge is -2.19. The predicted octanol–water partition coefficient (Wildman–Crippen LogP) is 1.58. The maximum atomic E-state index is 11.6. The molecule has 0 spiro atoms. The van der Waals surface area contributed by atoms with Crippen LogP contribution in [0.4, 0.5) is 16.2 Å². The van der Waals surface area contributed by atoms with Crippen LogP contribution < -0.4 is 15.5 Å². The van der Waals surface area contributed by atoms with E-state index in [2.05, 4.69) is 10.6 Å². The van der Waals surface area contributed by atoms with E-state index in [0.29, 0.717) is 19.5 Å². The summed E-state index contributed by atoms with van der Waals surface area (Å²) in [6.07, 6.45) is 0.626. The van der Waals surface area contributed by atoms with Crippen molar-refractivity contribution in [2.24, 2.45) is 0 Å². The summed E-state index contributed by atoms with van der Waals surface area (Å²) in [6, 6.07) is 6.96. The summed E-state index contributed by atoms with van der Waals surface area (Å²) in [4.78, 5) is 24.9. The number of nitrogens with zero attached hydrogens (tertiary/aromatic N) is 1. The number of hydrogen-bond acceptors (Lipinski definition) is 4. The third-order valence-electron chi connectivity index (χ3n) is 3.25. The Labute approximate surface area is 118 Å². The van der Waals surface area contributed by atoms with Crippen molar-refractivity contribution >= 4 is 23.4 Å². The van der Waals surface area contributed by atoms with Gasteiger partial charge in [-0.05, 0) is 24.6 Å².